The molecule has 2 aromatic heterocycles. The predicted molar refractivity (Wildman–Crippen MR) is 282 cm³/mol. The molecule has 8 rings (SSSR count). The third-order valence-corrected chi connectivity index (χ3v) is 15.8. The number of benzene rings is 6. The molecule has 0 radical (unpaired) electrons. The Morgan fingerprint density at radius 2 is 1.03 bits per heavy atom. The molecule has 87 heavy (non-hydrogen) atoms. The number of aromatic nitrogens is 6. The summed E-state index contributed by atoms with van der Waals surface area (Å²) >= 11 is 12.2. The van der Waals surface area contributed by atoms with E-state index in [4.69, 9.17) is 28.9 Å². The molecule has 0 unspecified atom stereocenters. The number of nitrogens with zero attached hydrogens (tertiary/aromatic N) is 10. The average Bonchev–Trinajstić information content (AvgIpc) is 1.46. The number of rotatable bonds is 18. The normalized spacial score (nSPS) is 11.3. The van der Waals surface area contributed by atoms with Crippen molar-refractivity contribution in [3.05, 3.63) is 130 Å². The molecular formula is C43H31Cl2N13Na5O18S6-3. The predicted octanol–water partition coefficient (Wildman–Crippen LogP) is -7.99. The molecule has 0 saturated carbocycles. The summed E-state index contributed by atoms with van der Waals surface area (Å²) < 4.78 is 173. The fourth-order valence-corrected chi connectivity index (χ4v) is 11.0. The molecule has 0 aliphatic rings. The van der Waals surface area contributed by atoms with Crippen molar-refractivity contribution in [2.75, 3.05) is 22.6 Å². The zero-order valence-corrected chi connectivity index (χ0v) is 61.8. The smallest absolute Gasteiger partial charge is 0.870 e. The van der Waals surface area contributed by atoms with Crippen LogP contribution in [0.1, 0.15) is 22.8 Å². The van der Waals surface area contributed by atoms with Crippen LogP contribution in [0.3, 0.4) is 0 Å². The molecule has 44 heteroatoms. The first-order valence-corrected chi connectivity index (χ1v) is 30.0. The first kappa shape index (κ1) is 84.1. The molecular weight excluding hydrogens is 1360 g/mol. The van der Waals surface area contributed by atoms with Crippen LogP contribution >= 0.6 is 23.2 Å². The van der Waals surface area contributed by atoms with Crippen molar-refractivity contribution in [3.8, 4) is 5.75 Å². The van der Waals surface area contributed by atoms with Gasteiger partial charge in [0.25, 0.3) is 0 Å². The van der Waals surface area contributed by atoms with E-state index >= 15 is 0 Å². The first-order chi connectivity index (χ1) is 37.1. The fraction of sp³-hybridized carbons (Fsp3) is 0.0698. The molecule has 434 valence electrons. The van der Waals surface area contributed by atoms with Crippen molar-refractivity contribution < 1.29 is 229 Å². The van der Waals surface area contributed by atoms with Crippen LogP contribution < -0.4 is 164 Å². The van der Waals surface area contributed by atoms with Crippen LogP contribution in [-0.2, 0) is 100 Å². The molecule has 0 fully saturated rings. The maximum absolute atomic E-state index is 12.7. The van der Waals surface area contributed by atoms with Gasteiger partial charge < -0.3 is 72.3 Å². The standard InChI is InChI=1S/C43H30Cl2N13O15S6.5Na.3H2O/c1-77(66,67)26-7-3-5-24(19-26)48-43-51-33(49-40(44)54-43)14-20-8-10-27(29(12-20)75(62)63)55-58-38-32(79(71,72)73)17-22-16-30(76(64)65)37(39(59)35(22)36(38)46)57-56-28-11-9-21(13-31(28)78(68,69)70)15-34-50-41(45)53-42(52-34)47-23-4-2-6-25(18-23)74(60)61;;;;;;;;/h2-13,16-19,59H,14-15,46H2,1H3,(H,68,69,70)(H,71,72,73)(H,47,50,52,53)(H,48,49,51,54);;;;;;3*1H2/q-3;5*+1;;;/p-5. The first-order valence-electron chi connectivity index (χ1n) is 21.3. The second-order valence-electron chi connectivity index (χ2n) is 16.0. The maximum Gasteiger partial charge on any atom is 1.00 e. The van der Waals surface area contributed by atoms with Gasteiger partial charge in [0.05, 0.1) is 31.4 Å². The summed E-state index contributed by atoms with van der Waals surface area (Å²) in [5, 5.41) is 30.6. The Bertz CT molecular complexity index is 4540. The Kier molecular flexibility index (Phi) is 34.0. The summed E-state index contributed by atoms with van der Waals surface area (Å²) in [5.41, 5.74) is 3.30. The number of hydrogen-bond acceptors (Lipinski definition) is 34. The van der Waals surface area contributed by atoms with Crippen LogP contribution in [0.25, 0.3) is 10.8 Å². The van der Waals surface area contributed by atoms with E-state index in [1.807, 2.05) is 0 Å². The van der Waals surface area contributed by atoms with E-state index in [0.29, 0.717) is 6.07 Å². The van der Waals surface area contributed by atoms with E-state index in [-0.39, 0.29) is 243 Å². The molecule has 8 aromatic rings. The largest absolute Gasteiger partial charge is 1.00 e. The van der Waals surface area contributed by atoms with Crippen molar-refractivity contribution in [1.29, 1.82) is 0 Å². The van der Waals surface area contributed by atoms with Gasteiger partial charge in [0, 0.05) is 30.5 Å². The number of azo groups is 2. The molecule has 0 saturated heterocycles. The van der Waals surface area contributed by atoms with E-state index in [0.717, 1.165) is 36.6 Å². The van der Waals surface area contributed by atoms with Crippen LogP contribution in [0.15, 0.2) is 147 Å². The van der Waals surface area contributed by atoms with Gasteiger partial charge in [-0.25, -0.2) is 35.2 Å². The Labute approximate surface area is 619 Å². The summed E-state index contributed by atoms with van der Waals surface area (Å²) in [6.07, 6.45) is 0.550. The van der Waals surface area contributed by atoms with Gasteiger partial charge in [-0.2, -0.15) is 25.1 Å². The number of hydrogen-bond donors (Lipinski definition) is 4. The number of halogens is 2. The Morgan fingerprint density at radius 1 is 0.552 bits per heavy atom. The van der Waals surface area contributed by atoms with Gasteiger partial charge in [0.1, 0.15) is 48.9 Å². The number of anilines is 5. The number of phenols is 1. The number of fused-ring (bicyclic) bond motifs is 1. The van der Waals surface area contributed by atoms with Crippen LogP contribution in [-0.4, -0.2) is 92.1 Å². The van der Waals surface area contributed by atoms with Gasteiger partial charge in [-0.1, -0.05) is 58.3 Å². The number of phenolic OH excluding ortho intramolecular Hbond substituents is 1. The van der Waals surface area contributed by atoms with Gasteiger partial charge in [0.15, 0.2) is 15.6 Å². The monoisotopic (exact) mass is 1390 g/mol. The van der Waals surface area contributed by atoms with Crippen LogP contribution in [0.5, 0.6) is 5.75 Å². The van der Waals surface area contributed by atoms with E-state index in [9.17, 15) is 64.7 Å². The number of nitrogen functional groups attached to an aromatic ring is 1. The van der Waals surface area contributed by atoms with E-state index in [1.54, 1.807) is 0 Å². The summed E-state index contributed by atoms with van der Waals surface area (Å²) in [6.45, 7) is 0. The molecule has 0 amide bonds. The second kappa shape index (κ2) is 35.2. The number of sulfone groups is 1. The maximum atomic E-state index is 12.7. The second-order valence-corrected chi connectivity index (χ2v) is 24.2. The number of aromatic hydroxyl groups is 1. The SMILES string of the molecule is CS(=O)(=O)c1cccc(Nc2nc(Cl)nc(Cc3ccc(N=Nc4c(S(=O)(=O)[O-])cc5cc([S-](=O)=O)c(N=Nc6ccc(Cc7nc(Cl)nc(Nc8cccc([S-](=O)=O)c8)n7)cc6S(=O)(=O)[O-])c(O)c5c4N)c([S-](=O)=O)c3)n2)c1.[Na+].[Na+].[Na+].[Na+].[Na+].[OH-].[OH-].[OH-]. The summed E-state index contributed by atoms with van der Waals surface area (Å²) in [5.74, 6) is -1.44. The average molecular weight is 1400 g/mol. The zero-order valence-electron chi connectivity index (χ0n) is 45.4. The van der Waals surface area contributed by atoms with Gasteiger partial charge in [0.2, 0.25) is 22.5 Å². The molecule has 0 spiro atoms. The van der Waals surface area contributed by atoms with Crippen molar-refractivity contribution in [1.82, 2.24) is 29.9 Å². The zero-order chi connectivity index (χ0) is 57.3. The topological polar surface area (TPSA) is 538 Å². The summed E-state index contributed by atoms with van der Waals surface area (Å²) in [7, 11) is -23.6. The van der Waals surface area contributed by atoms with Crippen molar-refractivity contribution in [3.63, 3.8) is 0 Å². The van der Waals surface area contributed by atoms with Gasteiger partial charge >= 0.3 is 148 Å². The molecule has 0 atom stereocenters. The Morgan fingerprint density at radius 3 is 1.54 bits per heavy atom. The Balaban J connectivity index is 0.00000924. The van der Waals surface area contributed by atoms with Crippen molar-refractivity contribution in [2.45, 2.75) is 42.2 Å². The Hall–Kier alpha value is -2.92. The van der Waals surface area contributed by atoms with E-state index in [2.05, 4.69) is 61.0 Å². The molecule has 6 aromatic carbocycles. The summed E-state index contributed by atoms with van der Waals surface area (Å²) in [6, 6.07) is 19.3. The molecule has 8 N–H and O–H groups in total. The molecule has 0 aliphatic carbocycles. The fourth-order valence-electron chi connectivity index (χ4n) is 7.23. The molecule has 0 bridgehead atoms. The van der Waals surface area contributed by atoms with Gasteiger partial charge in [-0.3, -0.25) is 0 Å². The van der Waals surface area contributed by atoms with Gasteiger partial charge in [-0.15, -0.1) is 15.3 Å². The van der Waals surface area contributed by atoms with Crippen molar-refractivity contribution >= 4 is 148 Å². The van der Waals surface area contributed by atoms with Crippen molar-refractivity contribution in [2.24, 2.45) is 20.5 Å². The van der Waals surface area contributed by atoms with E-state index in [1.165, 1.54) is 60.7 Å². The minimum atomic E-state index is -5.59. The molecule has 31 nitrogen and oxygen atoms in total. The van der Waals surface area contributed by atoms with Crippen LogP contribution in [0, 0.1) is 0 Å². The summed E-state index contributed by atoms with van der Waals surface area (Å²) in [4.78, 5) is 20.8. The minimum absolute atomic E-state index is 0. The third kappa shape index (κ3) is 21.6. The van der Waals surface area contributed by atoms with Gasteiger partial charge in [-0.05, 0) is 125 Å². The molecule has 0 aliphatic heterocycles. The third-order valence-electron chi connectivity index (χ3n) is 10.6. The number of nitrogens with one attached hydrogen (secondary N) is 2. The van der Waals surface area contributed by atoms with Crippen LogP contribution in [0.2, 0.25) is 10.6 Å². The van der Waals surface area contributed by atoms with Crippen LogP contribution in [0.4, 0.5) is 51.7 Å². The quantitative estimate of drug-likeness (QED) is 0.0204. The molecule has 2 heterocycles. The van der Waals surface area contributed by atoms with E-state index < -0.39 is 127 Å². The minimum Gasteiger partial charge on any atom is -0.870 e. The number of nitrogens with two attached hydrogens (primary N) is 1.